The summed E-state index contributed by atoms with van der Waals surface area (Å²) >= 11 is 3.24. The number of carboxylic acids is 1. The molecule has 0 bridgehead atoms. The van der Waals surface area contributed by atoms with E-state index in [9.17, 15) is 24.5 Å². The summed E-state index contributed by atoms with van der Waals surface area (Å²) in [6.45, 7) is 1.26. The fraction of sp³-hybridized carbons (Fsp3) is 0.105. The average Bonchev–Trinajstić information content (AvgIpc) is 2.67. The van der Waals surface area contributed by atoms with Gasteiger partial charge < -0.3 is 15.7 Å². The highest BCUT2D eigenvalue weighted by Crippen LogP contribution is 2.18. The van der Waals surface area contributed by atoms with Crippen molar-refractivity contribution in [2.45, 2.75) is 13.0 Å². The molecule has 0 saturated heterocycles. The second-order valence-corrected chi connectivity index (χ2v) is 6.73. The van der Waals surface area contributed by atoms with Gasteiger partial charge in [-0.25, -0.2) is 0 Å². The minimum atomic E-state index is -1.26. The van der Waals surface area contributed by atoms with Gasteiger partial charge >= 0.3 is 5.97 Å². The Morgan fingerprint density at radius 3 is 2.48 bits per heavy atom. The topological polar surface area (TPSA) is 139 Å². The maximum Gasteiger partial charge on any atom is 0.325 e. The summed E-state index contributed by atoms with van der Waals surface area (Å²) in [7, 11) is 0. The number of benzene rings is 2. The molecular formula is C19H16BrN3O6. The molecule has 0 aromatic heterocycles. The van der Waals surface area contributed by atoms with Crippen molar-refractivity contribution in [1.82, 2.24) is 10.6 Å². The number of aliphatic carboxylic acids is 1. The molecule has 10 heteroatoms. The van der Waals surface area contributed by atoms with Crippen LogP contribution in [0.1, 0.15) is 22.8 Å². The molecule has 2 aromatic carbocycles. The molecule has 150 valence electrons. The number of rotatable bonds is 7. The number of hydrogen-bond donors (Lipinski definition) is 3. The first-order valence-corrected chi connectivity index (χ1v) is 9.04. The number of nitro benzene ring substituents is 1. The van der Waals surface area contributed by atoms with Crippen molar-refractivity contribution >= 4 is 45.5 Å². The van der Waals surface area contributed by atoms with Crippen LogP contribution in [0.15, 0.2) is 58.7 Å². The monoisotopic (exact) mass is 461 g/mol. The first-order valence-electron chi connectivity index (χ1n) is 8.24. The van der Waals surface area contributed by atoms with Crippen molar-refractivity contribution in [3.63, 3.8) is 0 Å². The number of carboxylic acid groups (broad SMARTS) is 1. The summed E-state index contributed by atoms with van der Waals surface area (Å²) < 4.78 is 0.492. The normalized spacial score (nSPS) is 12.0. The molecule has 1 atom stereocenters. The Kier molecular flexibility index (Phi) is 7.21. The van der Waals surface area contributed by atoms with Gasteiger partial charge in [-0.1, -0.05) is 24.3 Å². The molecule has 0 radical (unpaired) electrons. The van der Waals surface area contributed by atoms with Crippen LogP contribution < -0.4 is 10.6 Å². The van der Waals surface area contributed by atoms with Crippen LogP contribution >= 0.6 is 15.9 Å². The van der Waals surface area contributed by atoms with Crippen LogP contribution in [0.5, 0.6) is 0 Å². The van der Waals surface area contributed by atoms with Gasteiger partial charge in [-0.05, 0) is 46.6 Å². The van der Waals surface area contributed by atoms with Crippen molar-refractivity contribution in [3.05, 3.63) is 79.9 Å². The van der Waals surface area contributed by atoms with Crippen LogP contribution in [-0.4, -0.2) is 33.9 Å². The Bertz CT molecular complexity index is 1000. The van der Waals surface area contributed by atoms with E-state index in [4.69, 9.17) is 5.11 Å². The lowest BCUT2D eigenvalue weighted by molar-refractivity contribution is -0.384. The van der Waals surface area contributed by atoms with E-state index in [0.717, 1.165) is 0 Å². The fourth-order valence-electron chi connectivity index (χ4n) is 2.22. The van der Waals surface area contributed by atoms with E-state index in [0.29, 0.717) is 4.47 Å². The van der Waals surface area contributed by atoms with Crippen molar-refractivity contribution in [2.75, 3.05) is 0 Å². The highest BCUT2D eigenvalue weighted by molar-refractivity contribution is 9.10. The Labute approximate surface area is 173 Å². The van der Waals surface area contributed by atoms with E-state index in [-0.39, 0.29) is 22.5 Å². The molecular weight excluding hydrogens is 446 g/mol. The predicted molar refractivity (Wildman–Crippen MR) is 108 cm³/mol. The lowest BCUT2D eigenvalue weighted by Gasteiger charge is -2.14. The van der Waals surface area contributed by atoms with Crippen molar-refractivity contribution in [1.29, 1.82) is 0 Å². The molecule has 1 unspecified atom stereocenters. The SMILES string of the molecule is CC(NC(=O)C(=Cc1cccc([N+](=O)[O-])c1)NC(=O)c1ccccc1Br)C(=O)O. The van der Waals surface area contributed by atoms with Crippen molar-refractivity contribution in [2.24, 2.45) is 0 Å². The Balaban J connectivity index is 2.40. The third kappa shape index (κ3) is 5.98. The standard InChI is InChI=1S/C19H16BrN3O6/c1-11(19(26)27)21-18(25)16(10-12-5-4-6-13(9-12)23(28)29)22-17(24)14-7-2-3-8-15(14)20/h2-11H,1H3,(H,21,25)(H,22,24)(H,26,27). The number of amides is 2. The number of nitrogens with one attached hydrogen (secondary N) is 2. The quantitative estimate of drug-likeness (QED) is 0.329. The van der Waals surface area contributed by atoms with Gasteiger partial charge in [0.1, 0.15) is 11.7 Å². The molecule has 0 heterocycles. The van der Waals surface area contributed by atoms with Crippen LogP contribution in [0.3, 0.4) is 0 Å². The van der Waals surface area contributed by atoms with Crippen molar-refractivity contribution < 1.29 is 24.4 Å². The molecule has 3 N–H and O–H groups in total. The van der Waals surface area contributed by atoms with E-state index in [1.165, 1.54) is 43.3 Å². The maximum absolute atomic E-state index is 12.6. The van der Waals surface area contributed by atoms with Crippen LogP contribution in [0.2, 0.25) is 0 Å². The minimum absolute atomic E-state index is 0.199. The molecule has 0 saturated carbocycles. The summed E-state index contributed by atoms with van der Waals surface area (Å²) in [5, 5.41) is 24.6. The third-order valence-corrected chi connectivity index (χ3v) is 4.41. The second-order valence-electron chi connectivity index (χ2n) is 5.88. The smallest absolute Gasteiger partial charge is 0.325 e. The van der Waals surface area contributed by atoms with Crippen LogP contribution in [0.4, 0.5) is 5.69 Å². The number of halogens is 1. The Morgan fingerprint density at radius 1 is 1.17 bits per heavy atom. The molecule has 9 nitrogen and oxygen atoms in total. The Morgan fingerprint density at radius 2 is 1.86 bits per heavy atom. The van der Waals surface area contributed by atoms with Gasteiger partial charge in [-0.15, -0.1) is 0 Å². The summed E-state index contributed by atoms with van der Waals surface area (Å²) in [6.07, 6.45) is 1.23. The van der Waals surface area contributed by atoms with Gasteiger partial charge in [0, 0.05) is 16.6 Å². The zero-order valence-electron chi connectivity index (χ0n) is 15.1. The molecule has 29 heavy (non-hydrogen) atoms. The number of carbonyl (C=O) groups is 3. The van der Waals surface area contributed by atoms with E-state index < -0.39 is 28.7 Å². The highest BCUT2D eigenvalue weighted by Gasteiger charge is 2.20. The summed E-state index contributed by atoms with van der Waals surface area (Å²) in [5.41, 5.74) is 0.0603. The summed E-state index contributed by atoms with van der Waals surface area (Å²) in [5.74, 6) is -2.73. The predicted octanol–water partition coefficient (Wildman–Crippen LogP) is 2.72. The molecule has 0 aliphatic carbocycles. The maximum atomic E-state index is 12.6. The number of nitro groups is 1. The summed E-state index contributed by atoms with van der Waals surface area (Å²) in [4.78, 5) is 46.5. The lowest BCUT2D eigenvalue weighted by Crippen LogP contribution is -2.42. The molecule has 2 rings (SSSR count). The van der Waals surface area contributed by atoms with Crippen LogP contribution in [-0.2, 0) is 9.59 Å². The number of non-ortho nitro benzene ring substituents is 1. The molecule has 0 aliphatic heterocycles. The van der Waals surface area contributed by atoms with Crippen LogP contribution in [0.25, 0.3) is 6.08 Å². The van der Waals surface area contributed by atoms with Gasteiger partial charge in [0.25, 0.3) is 17.5 Å². The van der Waals surface area contributed by atoms with Crippen molar-refractivity contribution in [3.8, 4) is 0 Å². The molecule has 2 aromatic rings. The zero-order chi connectivity index (χ0) is 21.6. The van der Waals surface area contributed by atoms with Gasteiger partial charge in [0.2, 0.25) is 0 Å². The Hall–Kier alpha value is -3.53. The zero-order valence-corrected chi connectivity index (χ0v) is 16.7. The molecule has 0 fully saturated rings. The van der Waals surface area contributed by atoms with Gasteiger partial charge in [-0.3, -0.25) is 24.5 Å². The number of hydrogen-bond acceptors (Lipinski definition) is 5. The van der Waals surface area contributed by atoms with E-state index in [1.807, 2.05) is 0 Å². The fourth-order valence-corrected chi connectivity index (χ4v) is 2.69. The molecule has 0 aliphatic rings. The molecule has 0 spiro atoms. The third-order valence-electron chi connectivity index (χ3n) is 3.72. The number of carbonyl (C=O) groups excluding carboxylic acids is 2. The minimum Gasteiger partial charge on any atom is -0.480 e. The van der Waals surface area contributed by atoms with Gasteiger partial charge in [0.15, 0.2) is 0 Å². The van der Waals surface area contributed by atoms with Crippen LogP contribution in [0, 0.1) is 10.1 Å². The highest BCUT2D eigenvalue weighted by atomic mass is 79.9. The second kappa shape index (κ2) is 9.60. The number of nitrogens with zero attached hydrogens (tertiary/aromatic N) is 1. The summed E-state index contributed by atoms with van der Waals surface area (Å²) in [6, 6.07) is 10.7. The van der Waals surface area contributed by atoms with Gasteiger partial charge in [0.05, 0.1) is 10.5 Å². The van der Waals surface area contributed by atoms with Gasteiger partial charge in [-0.2, -0.15) is 0 Å². The first kappa shape index (κ1) is 21.8. The largest absolute Gasteiger partial charge is 0.480 e. The molecule has 2 amide bonds. The first-order chi connectivity index (χ1) is 13.7. The van der Waals surface area contributed by atoms with E-state index in [2.05, 4.69) is 26.6 Å². The average molecular weight is 462 g/mol. The van der Waals surface area contributed by atoms with E-state index >= 15 is 0 Å². The van der Waals surface area contributed by atoms with E-state index in [1.54, 1.807) is 18.2 Å². The lowest BCUT2D eigenvalue weighted by atomic mass is 10.1.